The minimum atomic E-state index is -0.284. The molecule has 0 bridgehead atoms. The lowest BCUT2D eigenvalue weighted by molar-refractivity contribution is -0.111. The molecule has 1 aromatic heterocycles. The third-order valence-electron chi connectivity index (χ3n) is 4.40. The van der Waals surface area contributed by atoms with E-state index in [2.05, 4.69) is 15.6 Å². The van der Waals surface area contributed by atoms with Crippen molar-refractivity contribution in [2.24, 2.45) is 0 Å². The third kappa shape index (κ3) is 4.49. The van der Waals surface area contributed by atoms with Gasteiger partial charge in [-0.05, 0) is 42.0 Å². The van der Waals surface area contributed by atoms with Crippen molar-refractivity contribution in [3.63, 3.8) is 0 Å². The molecule has 2 amide bonds. The molecule has 30 heavy (non-hydrogen) atoms. The summed E-state index contributed by atoms with van der Waals surface area (Å²) < 4.78 is 11.1. The van der Waals surface area contributed by atoms with E-state index in [0.29, 0.717) is 29.7 Å². The summed E-state index contributed by atoms with van der Waals surface area (Å²) in [4.78, 5) is 28.2. The fourth-order valence-electron chi connectivity index (χ4n) is 2.88. The molecule has 1 aliphatic heterocycles. The van der Waals surface area contributed by atoms with Crippen LogP contribution >= 0.6 is 11.3 Å². The van der Waals surface area contributed by atoms with Crippen LogP contribution in [-0.2, 0) is 4.79 Å². The topological polar surface area (TPSA) is 89.6 Å². The monoisotopic (exact) mass is 421 g/mol. The van der Waals surface area contributed by atoms with Gasteiger partial charge in [-0.15, -0.1) is 11.3 Å². The van der Waals surface area contributed by atoms with Gasteiger partial charge in [0.25, 0.3) is 5.91 Å². The molecule has 0 unspecified atom stereocenters. The zero-order valence-corrected chi connectivity index (χ0v) is 17.0. The second kappa shape index (κ2) is 8.79. The van der Waals surface area contributed by atoms with Crippen LogP contribution in [0.3, 0.4) is 0 Å². The highest BCUT2D eigenvalue weighted by atomic mass is 32.1. The van der Waals surface area contributed by atoms with Crippen molar-refractivity contribution in [3.8, 4) is 22.8 Å². The standard InChI is InChI=1S/C22H19N3O4S/c1-23-21(27)15-5-2-14(3-6-15)4-9-20(26)25-22-24-17(13-30-22)16-7-8-18-19(12-16)29-11-10-28-18/h2-9,12-13H,10-11H2,1H3,(H,23,27)(H,24,25,26)/b9-4+. The summed E-state index contributed by atoms with van der Waals surface area (Å²) in [5.74, 6) is 0.985. The molecule has 0 atom stereocenters. The number of amides is 2. The average molecular weight is 421 g/mol. The molecule has 0 aliphatic carbocycles. The lowest BCUT2D eigenvalue weighted by atomic mass is 10.1. The van der Waals surface area contributed by atoms with Crippen LogP contribution in [0.15, 0.2) is 53.9 Å². The van der Waals surface area contributed by atoms with Gasteiger partial charge in [0.05, 0.1) is 5.69 Å². The first kappa shape index (κ1) is 19.7. The minimum Gasteiger partial charge on any atom is -0.486 e. The van der Waals surface area contributed by atoms with E-state index in [1.807, 2.05) is 23.6 Å². The lowest BCUT2D eigenvalue weighted by Gasteiger charge is -2.18. The van der Waals surface area contributed by atoms with Gasteiger partial charge in [0.1, 0.15) is 13.2 Å². The zero-order valence-electron chi connectivity index (χ0n) is 16.2. The number of carbonyl (C=O) groups is 2. The molecule has 0 saturated heterocycles. The highest BCUT2D eigenvalue weighted by molar-refractivity contribution is 7.14. The van der Waals surface area contributed by atoms with Crippen molar-refractivity contribution in [1.29, 1.82) is 0 Å². The molecule has 8 heteroatoms. The zero-order chi connectivity index (χ0) is 20.9. The van der Waals surface area contributed by atoms with E-state index >= 15 is 0 Å². The number of ether oxygens (including phenoxy) is 2. The molecule has 3 aromatic rings. The Morgan fingerprint density at radius 1 is 1.07 bits per heavy atom. The number of hydrogen-bond acceptors (Lipinski definition) is 6. The molecule has 0 spiro atoms. The smallest absolute Gasteiger partial charge is 0.251 e. The molecule has 0 saturated carbocycles. The third-order valence-corrected chi connectivity index (χ3v) is 5.16. The van der Waals surface area contributed by atoms with E-state index < -0.39 is 0 Å². The normalized spacial score (nSPS) is 12.6. The van der Waals surface area contributed by atoms with Gasteiger partial charge in [0, 0.05) is 29.6 Å². The Balaban J connectivity index is 1.39. The molecule has 2 N–H and O–H groups in total. The molecule has 7 nitrogen and oxygen atoms in total. The Labute approximate surface area is 177 Å². The number of rotatable bonds is 5. The fourth-order valence-corrected chi connectivity index (χ4v) is 3.60. The summed E-state index contributed by atoms with van der Waals surface area (Å²) in [6.07, 6.45) is 3.11. The second-order valence-electron chi connectivity index (χ2n) is 6.42. The van der Waals surface area contributed by atoms with Gasteiger partial charge >= 0.3 is 0 Å². The van der Waals surface area contributed by atoms with Gasteiger partial charge in [-0.2, -0.15) is 0 Å². The van der Waals surface area contributed by atoms with Crippen molar-refractivity contribution in [2.75, 3.05) is 25.6 Å². The molecular formula is C22H19N3O4S. The Morgan fingerprint density at radius 2 is 1.83 bits per heavy atom. The molecular weight excluding hydrogens is 402 g/mol. The summed E-state index contributed by atoms with van der Waals surface area (Å²) in [5, 5.41) is 7.71. The van der Waals surface area contributed by atoms with Crippen molar-refractivity contribution in [3.05, 3.63) is 65.0 Å². The van der Waals surface area contributed by atoms with Gasteiger partial charge < -0.3 is 14.8 Å². The number of fused-ring (bicyclic) bond motifs is 1. The minimum absolute atomic E-state index is 0.152. The molecule has 2 aromatic carbocycles. The number of anilines is 1. The second-order valence-corrected chi connectivity index (χ2v) is 7.28. The number of hydrogen-bond donors (Lipinski definition) is 2. The quantitative estimate of drug-likeness (QED) is 0.615. The number of nitrogens with one attached hydrogen (secondary N) is 2. The van der Waals surface area contributed by atoms with Crippen LogP contribution in [0.1, 0.15) is 15.9 Å². The maximum Gasteiger partial charge on any atom is 0.251 e. The van der Waals surface area contributed by atoms with Gasteiger partial charge in [-0.3, -0.25) is 14.9 Å². The summed E-state index contributed by atoms with van der Waals surface area (Å²) in [6, 6.07) is 12.6. The number of nitrogens with zero attached hydrogens (tertiary/aromatic N) is 1. The molecule has 2 heterocycles. The van der Waals surface area contributed by atoms with Crippen molar-refractivity contribution in [1.82, 2.24) is 10.3 Å². The molecule has 1 aliphatic rings. The summed E-state index contributed by atoms with van der Waals surface area (Å²) in [6.45, 7) is 1.07. The first-order valence-electron chi connectivity index (χ1n) is 9.29. The largest absolute Gasteiger partial charge is 0.486 e. The van der Waals surface area contributed by atoms with Crippen molar-refractivity contribution < 1.29 is 19.1 Å². The van der Waals surface area contributed by atoms with E-state index in [1.54, 1.807) is 37.4 Å². The van der Waals surface area contributed by atoms with Crippen LogP contribution < -0.4 is 20.1 Å². The number of benzene rings is 2. The van der Waals surface area contributed by atoms with E-state index in [4.69, 9.17) is 9.47 Å². The van der Waals surface area contributed by atoms with Crippen LogP contribution in [0.5, 0.6) is 11.5 Å². The first-order valence-corrected chi connectivity index (χ1v) is 10.2. The van der Waals surface area contributed by atoms with Crippen molar-refractivity contribution in [2.45, 2.75) is 0 Å². The Bertz CT molecular complexity index is 1110. The molecule has 4 rings (SSSR count). The summed E-state index contributed by atoms with van der Waals surface area (Å²) in [7, 11) is 1.58. The van der Waals surface area contributed by atoms with Gasteiger partial charge in [0.2, 0.25) is 5.91 Å². The van der Waals surface area contributed by atoms with Gasteiger partial charge in [0.15, 0.2) is 16.6 Å². The van der Waals surface area contributed by atoms with E-state index in [9.17, 15) is 9.59 Å². The predicted octanol–water partition coefficient (Wildman–Crippen LogP) is 3.59. The first-order chi connectivity index (χ1) is 14.6. The van der Waals surface area contributed by atoms with Crippen LogP contribution in [0.25, 0.3) is 17.3 Å². The lowest BCUT2D eigenvalue weighted by Crippen LogP contribution is -2.17. The molecule has 152 valence electrons. The SMILES string of the molecule is CNC(=O)c1ccc(/C=C/C(=O)Nc2nc(-c3ccc4c(c3)OCCO4)cs2)cc1. The number of carbonyl (C=O) groups excluding carboxylic acids is 2. The molecule has 0 fully saturated rings. The predicted molar refractivity (Wildman–Crippen MR) is 116 cm³/mol. The Kier molecular flexibility index (Phi) is 5.76. The Hall–Kier alpha value is -3.65. The number of thiazole rings is 1. The fraction of sp³-hybridized carbons (Fsp3) is 0.136. The number of aromatic nitrogens is 1. The van der Waals surface area contributed by atoms with E-state index in [-0.39, 0.29) is 11.8 Å². The summed E-state index contributed by atoms with van der Waals surface area (Å²) in [5.41, 5.74) is 3.02. The van der Waals surface area contributed by atoms with Crippen molar-refractivity contribution >= 4 is 34.4 Å². The van der Waals surface area contributed by atoms with Crippen LogP contribution in [-0.4, -0.2) is 37.1 Å². The van der Waals surface area contributed by atoms with Gasteiger partial charge in [-0.25, -0.2) is 4.98 Å². The van der Waals surface area contributed by atoms with Crippen LogP contribution in [0.4, 0.5) is 5.13 Å². The average Bonchev–Trinajstić information content (AvgIpc) is 3.25. The van der Waals surface area contributed by atoms with E-state index in [0.717, 1.165) is 22.6 Å². The maximum absolute atomic E-state index is 12.2. The molecule has 0 radical (unpaired) electrons. The summed E-state index contributed by atoms with van der Waals surface area (Å²) >= 11 is 1.35. The Morgan fingerprint density at radius 3 is 2.60 bits per heavy atom. The van der Waals surface area contributed by atoms with Crippen LogP contribution in [0.2, 0.25) is 0 Å². The van der Waals surface area contributed by atoms with Gasteiger partial charge in [-0.1, -0.05) is 12.1 Å². The van der Waals surface area contributed by atoms with E-state index in [1.165, 1.54) is 17.4 Å². The maximum atomic E-state index is 12.2. The highest BCUT2D eigenvalue weighted by Crippen LogP contribution is 2.35. The van der Waals surface area contributed by atoms with Crippen LogP contribution in [0, 0.1) is 0 Å². The highest BCUT2D eigenvalue weighted by Gasteiger charge is 2.14.